The normalized spacial score (nSPS) is 20.2. The molecule has 2 rings (SSSR count). The minimum Gasteiger partial charge on any atom is -0.489 e. The van der Waals surface area contributed by atoms with Gasteiger partial charge in [0.25, 0.3) is 0 Å². The molecule has 3 nitrogen and oxygen atoms in total. The topological polar surface area (TPSA) is 34.1 Å². The molecule has 0 bridgehead atoms. The van der Waals surface area contributed by atoms with Crippen molar-refractivity contribution in [1.29, 1.82) is 0 Å². The third-order valence-corrected chi connectivity index (χ3v) is 4.49. The molecule has 1 saturated carbocycles. The van der Waals surface area contributed by atoms with Crippen molar-refractivity contribution >= 4 is 0 Å². The molecule has 0 amide bonds. The van der Waals surface area contributed by atoms with Gasteiger partial charge in [0.15, 0.2) is 0 Å². The summed E-state index contributed by atoms with van der Waals surface area (Å²) in [5.41, 5.74) is 1.57. The van der Waals surface area contributed by atoms with Crippen molar-refractivity contribution in [2.45, 2.75) is 71.9 Å². The molecule has 3 heteroatoms. The first-order valence-corrected chi connectivity index (χ1v) is 8.36. The van der Waals surface area contributed by atoms with Gasteiger partial charge in [-0.25, -0.2) is 0 Å². The molecule has 1 unspecified atom stereocenters. The number of nitrogens with one attached hydrogen (secondary N) is 1. The Kier molecular flexibility index (Phi) is 5.63. The zero-order valence-corrected chi connectivity index (χ0v) is 14.0. The van der Waals surface area contributed by atoms with Crippen LogP contribution < -0.4 is 10.1 Å². The first-order chi connectivity index (χ1) is 10.00. The molecule has 0 aliphatic heterocycles. The van der Waals surface area contributed by atoms with Crippen molar-refractivity contribution in [2.75, 3.05) is 6.54 Å². The maximum atomic E-state index is 6.08. The molecule has 1 aromatic rings. The first kappa shape index (κ1) is 16.3. The molecular formula is C18H30N2O. The summed E-state index contributed by atoms with van der Waals surface area (Å²) in [6.45, 7) is 10.1. The van der Waals surface area contributed by atoms with E-state index in [0.29, 0.717) is 17.6 Å². The van der Waals surface area contributed by atoms with Crippen molar-refractivity contribution in [3.63, 3.8) is 0 Å². The van der Waals surface area contributed by atoms with Crippen LogP contribution in [0.3, 0.4) is 0 Å². The molecule has 1 aliphatic carbocycles. The summed E-state index contributed by atoms with van der Waals surface area (Å²) >= 11 is 0. The van der Waals surface area contributed by atoms with Gasteiger partial charge in [0.2, 0.25) is 0 Å². The molecule has 1 N–H and O–H groups in total. The quantitative estimate of drug-likeness (QED) is 0.838. The van der Waals surface area contributed by atoms with Gasteiger partial charge in [0.05, 0.1) is 18.0 Å². The SMILES string of the molecule is CCCNC(C)c1ccc(OC2CCC(C)(C)CC2)cn1. The summed E-state index contributed by atoms with van der Waals surface area (Å²) in [5.74, 6) is 0.908. The molecule has 21 heavy (non-hydrogen) atoms. The van der Waals surface area contributed by atoms with E-state index in [1.165, 1.54) is 12.8 Å². The molecule has 118 valence electrons. The van der Waals surface area contributed by atoms with Gasteiger partial charge in [-0.3, -0.25) is 4.98 Å². The van der Waals surface area contributed by atoms with Gasteiger partial charge in [-0.05, 0) is 63.1 Å². The van der Waals surface area contributed by atoms with E-state index in [4.69, 9.17) is 4.74 Å². The highest BCUT2D eigenvalue weighted by molar-refractivity contribution is 5.21. The highest BCUT2D eigenvalue weighted by Gasteiger charge is 2.27. The molecule has 0 aromatic carbocycles. The van der Waals surface area contributed by atoms with Crippen LogP contribution in [-0.4, -0.2) is 17.6 Å². The van der Waals surface area contributed by atoms with E-state index < -0.39 is 0 Å². The second-order valence-corrected chi connectivity index (χ2v) is 7.08. The average Bonchev–Trinajstić information content (AvgIpc) is 2.48. The largest absolute Gasteiger partial charge is 0.489 e. The Bertz CT molecular complexity index is 417. The standard InChI is InChI=1S/C18H30N2O/c1-5-12-19-14(2)17-7-6-16(13-20-17)21-15-8-10-18(3,4)11-9-15/h6-7,13-15,19H,5,8-12H2,1-4H3. The van der Waals surface area contributed by atoms with Crippen LogP contribution in [0.1, 0.15) is 71.5 Å². The second kappa shape index (κ2) is 7.26. The van der Waals surface area contributed by atoms with Gasteiger partial charge in [0.1, 0.15) is 5.75 Å². The molecule has 1 aromatic heterocycles. The highest BCUT2D eigenvalue weighted by Crippen LogP contribution is 2.36. The molecule has 0 saturated heterocycles. The fraction of sp³-hybridized carbons (Fsp3) is 0.722. The molecule has 1 heterocycles. The minimum atomic E-state index is 0.300. The van der Waals surface area contributed by atoms with Crippen LogP contribution >= 0.6 is 0 Å². The number of aromatic nitrogens is 1. The van der Waals surface area contributed by atoms with Gasteiger partial charge in [0, 0.05) is 6.04 Å². The van der Waals surface area contributed by atoms with Gasteiger partial charge in [-0.2, -0.15) is 0 Å². The highest BCUT2D eigenvalue weighted by atomic mass is 16.5. The lowest BCUT2D eigenvalue weighted by Crippen LogP contribution is -2.28. The second-order valence-electron chi connectivity index (χ2n) is 7.08. The minimum absolute atomic E-state index is 0.300. The monoisotopic (exact) mass is 290 g/mol. The van der Waals surface area contributed by atoms with E-state index in [1.54, 1.807) is 0 Å². The van der Waals surface area contributed by atoms with E-state index in [9.17, 15) is 0 Å². The van der Waals surface area contributed by atoms with Crippen molar-refractivity contribution < 1.29 is 4.74 Å². The predicted molar refractivity (Wildman–Crippen MR) is 87.6 cm³/mol. The lowest BCUT2D eigenvalue weighted by molar-refractivity contribution is 0.0984. The lowest BCUT2D eigenvalue weighted by Gasteiger charge is -2.34. The Balaban J connectivity index is 1.85. The Morgan fingerprint density at radius 3 is 2.62 bits per heavy atom. The molecule has 1 fully saturated rings. The summed E-state index contributed by atoms with van der Waals surface area (Å²) in [6.07, 6.45) is 8.19. The van der Waals surface area contributed by atoms with E-state index in [-0.39, 0.29) is 0 Å². The summed E-state index contributed by atoms with van der Waals surface area (Å²) < 4.78 is 6.08. The number of pyridine rings is 1. The van der Waals surface area contributed by atoms with E-state index >= 15 is 0 Å². The van der Waals surface area contributed by atoms with Crippen LogP contribution in [0.25, 0.3) is 0 Å². The summed E-state index contributed by atoms with van der Waals surface area (Å²) in [6, 6.07) is 4.44. The van der Waals surface area contributed by atoms with Gasteiger partial charge >= 0.3 is 0 Å². The van der Waals surface area contributed by atoms with Gasteiger partial charge in [-0.1, -0.05) is 20.8 Å². The van der Waals surface area contributed by atoms with Gasteiger partial charge in [-0.15, -0.1) is 0 Å². The summed E-state index contributed by atoms with van der Waals surface area (Å²) in [4.78, 5) is 4.54. The Morgan fingerprint density at radius 2 is 2.05 bits per heavy atom. The maximum absolute atomic E-state index is 6.08. The smallest absolute Gasteiger partial charge is 0.138 e. The van der Waals surface area contributed by atoms with Crippen molar-refractivity contribution in [1.82, 2.24) is 10.3 Å². The third-order valence-electron chi connectivity index (χ3n) is 4.49. The Labute approximate surface area is 129 Å². The number of hydrogen-bond donors (Lipinski definition) is 1. The summed E-state index contributed by atoms with van der Waals surface area (Å²) in [5, 5.41) is 3.46. The maximum Gasteiger partial charge on any atom is 0.138 e. The van der Waals surface area contributed by atoms with E-state index in [2.05, 4.69) is 50.1 Å². The van der Waals surface area contributed by atoms with E-state index in [1.807, 2.05) is 6.20 Å². The van der Waals surface area contributed by atoms with E-state index in [0.717, 1.165) is 37.3 Å². The van der Waals surface area contributed by atoms with Crippen LogP contribution in [0.5, 0.6) is 5.75 Å². The molecular weight excluding hydrogens is 260 g/mol. The zero-order chi connectivity index (χ0) is 15.3. The molecule has 0 radical (unpaired) electrons. The van der Waals surface area contributed by atoms with Gasteiger partial charge < -0.3 is 10.1 Å². The molecule has 1 aliphatic rings. The van der Waals surface area contributed by atoms with Crippen molar-refractivity contribution in [2.24, 2.45) is 5.41 Å². The molecule has 0 spiro atoms. The predicted octanol–water partition coefficient (Wildman–Crippen LogP) is 4.49. The third kappa shape index (κ3) is 4.99. The zero-order valence-electron chi connectivity index (χ0n) is 14.0. The number of hydrogen-bond acceptors (Lipinski definition) is 3. The van der Waals surface area contributed by atoms with Crippen molar-refractivity contribution in [3.8, 4) is 5.75 Å². The van der Waals surface area contributed by atoms with Crippen molar-refractivity contribution in [3.05, 3.63) is 24.0 Å². The fourth-order valence-electron chi connectivity index (χ4n) is 2.87. The van der Waals surface area contributed by atoms with Crippen LogP contribution in [0.2, 0.25) is 0 Å². The first-order valence-electron chi connectivity index (χ1n) is 8.36. The molecule has 1 atom stereocenters. The number of ether oxygens (including phenoxy) is 1. The number of rotatable bonds is 6. The lowest BCUT2D eigenvalue weighted by atomic mass is 9.76. The summed E-state index contributed by atoms with van der Waals surface area (Å²) in [7, 11) is 0. The number of nitrogens with zero attached hydrogens (tertiary/aromatic N) is 1. The Morgan fingerprint density at radius 1 is 1.33 bits per heavy atom. The van der Waals surface area contributed by atoms with Crippen LogP contribution in [0.15, 0.2) is 18.3 Å². The average molecular weight is 290 g/mol. The van der Waals surface area contributed by atoms with Crippen LogP contribution in [0.4, 0.5) is 0 Å². The van der Waals surface area contributed by atoms with Crippen LogP contribution in [-0.2, 0) is 0 Å². The van der Waals surface area contributed by atoms with Crippen LogP contribution in [0, 0.1) is 5.41 Å². The fourth-order valence-corrected chi connectivity index (χ4v) is 2.87. The Hall–Kier alpha value is -1.09.